The van der Waals surface area contributed by atoms with Crippen molar-refractivity contribution in [3.8, 4) is 0 Å². The van der Waals surface area contributed by atoms with E-state index in [-0.39, 0.29) is 11.4 Å². The van der Waals surface area contributed by atoms with E-state index in [4.69, 9.17) is 0 Å². The first-order valence-electron chi connectivity index (χ1n) is 7.33. The van der Waals surface area contributed by atoms with Crippen molar-refractivity contribution >= 4 is 0 Å². The van der Waals surface area contributed by atoms with E-state index in [2.05, 4.69) is 24.1 Å². The fourth-order valence-electron chi connectivity index (χ4n) is 3.32. The minimum Gasteiger partial charge on any atom is -0.309 e. The first-order chi connectivity index (χ1) is 9.08. The van der Waals surface area contributed by atoms with Crippen LogP contribution in [0.15, 0.2) is 24.3 Å². The molecule has 2 atom stereocenters. The maximum absolute atomic E-state index is 13.0. The van der Waals surface area contributed by atoms with Gasteiger partial charge >= 0.3 is 0 Å². The second kappa shape index (κ2) is 4.88. The van der Waals surface area contributed by atoms with Crippen molar-refractivity contribution in [1.82, 2.24) is 10.2 Å². The van der Waals surface area contributed by atoms with Crippen LogP contribution in [-0.4, -0.2) is 30.1 Å². The molecule has 2 aliphatic rings. The van der Waals surface area contributed by atoms with Gasteiger partial charge in [-0.3, -0.25) is 4.90 Å². The average Bonchev–Trinajstić information content (AvgIpc) is 3.23. The molecular weight excluding hydrogens is 239 g/mol. The zero-order valence-electron chi connectivity index (χ0n) is 11.8. The second-order valence-electron chi connectivity index (χ2n) is 6.32. The fraction of sp³-hybridized carbons (Fsp3) is 0.625. The average molecular weight is 262 g/mol. The van der Waals surface area contributed by atoms with Crippen LogP contribution in [-0.2, 0) is 0 Å². The van der Waals surface area contributed by atoms with Crippen LogP contribution in [0.3, 0.4) is 0 Å². The van der Waals surface area contributed by atoms with Gasteiger partial charge in [-0.2, -0.15) is 0 Å². The van der Waals surface area contributed by atoms with Crippen LogP contribution in [0, 0.1) is 11.7 Å². The quantitative estimate of drug-likeness (QED) is 0.901. The van der Waals surface area contributed by atoms with E-state index in [1.54, 1.807) is 12.1 Å². The molecule has 1 aromatic carbocycles. The maximum Gasteiger partial charge on any atom is 0.123 e. The van der Waals surface area contributed by atoms with Crippen molar-refractivity contribution in [3.63, 3.8) is 0 Å². The van der Waals surface area contributed by atoms with Gasteiger partial charge in [0.05, 0.1) is 0 Å². The van der Waals surface area contributed by atoms with E-state index >= 15 is 0 Å². The summed E-state index contributed by atoms with van der Waals surface area (Å²) in [7, 11) is 0. The summed E-state index contributed by atoms with van der Waals surface area (Å²) in [5.41, 5.74) is 1.48. The van der Waals surface area contributed by atoms with E-state index in [1.165, 1.54) is 18.4 Å². The minimum atomic E-state index is -0.154. The van der Waals surface area contributed by atoms with Crippen molar-refractivity contribution in [2.24, 2.45) is 5.92 Å². The summed E-state index contributed by atoms with van der Waals surface area (Å²) in [6.45, 7) is 7.80. The van der Waals surface area contributed by atoms with E-state index in [0.717, 1.165) is 25.6 Å². The van der Waals surface area contributed by atoms with Gasteiger partial charge in [0.1, 0.15) is 5.82 Å². The van der Waals surface area contributed by atoms with E-state index in [1.807, 2.05) is 12.1 Å². The third-order valence-corrected chi connectivity index (χ3v) is 4.84. The van der Waals surface area contributed by atoms with Gasteiger partial charge < -0.3 is 5.32 Å². The lowest BCUT2D eigenvalue weighted by Gasteiger charge is -2.44. The molecule has 1 aromatic rings. The lowest BCUT2D eigenvalue weighted by molar-refractivity contribution is 0.0946. The number of nitrogens with zero attached hydrogens (tertiary/aromatic N) is 1. The van der Waals surface area contributed by atoms with Gasteiger partial charge in [-0.1, -0.05) is 12.1 Å². The van der Waals surface area contributed by atoms with Gasteiger partial charge in [0.25, 0.3) is 0 Å². The molecule has 1 saturated carbocycles. The number of hydrogen-bond acceptors (Lipinski definition) is 2. The SMILES string of the molecule is CC(c1ccc(F)cc1)N1CCNC(C)(C2CC2)C1. The van der Waals surface area contributed by atoms with Crippen molar-refractivity contribution in [2.75, 3.05) is 19.6 Å². The highest BCUT2D eigenvalue weighted by molar-refractivity contribution is 5.20. The predicted molar refractivity (Wildman–Crippen MR) is 75.5 cm³/mol. The minimum absolute atomic E-state index is 0.154. The largest absolute Gasteiger partial charge is 0.309 e. The van der Waals surface area contributed by atoms with Crippen LogP contribution >= 0.6 is 0 Å². The molecule has 3 rings (SSSR count). The number of halogens is 1. The Bertz CT molecular complexity index is 441. The highest BCUT2D eigenvalue weighted by Gasteiger charge is 2.44. The molecule has 2 unspecified atom stereocenters. The first kappa shape index (κ1) is 13.1. The van der Waals surface area contributed by atoms with Gasteiger partial charge in [0.15, 0.2) is 0 Å². The first-order valence-corrected chi connectivity index (χ1v) is 7.33. The Morgan fingerprint density at radius 1 is 1.32 bits per heavy atom. The maximum atomic E-state index is 13.0. The van der Waals surface area contributed by atoms with Gasteiger partial charge in [0.2, 0.25) is 0 Å². The van der Waals surface area contributed by atoms with E-state index in [0.29, 0.717) is 6.04 Å². The molecule has 0 spiro atoms. The highest BCUT2D eigenvalue weighted by Crippen LogP contribution is 2.41. The Labute approximate surface area is 115 Å². The van der Waals surface area contributed by atoms with Crippen LogP contribution in [0.25, 0.3) is 0 Å². The molecule has 0 amide bonds. The van der Waals surface area contributed by atoms with Crippen LogP contribution in [0.5, 0.6) is 0 Å². The normalized spacial score (nSPS) is 30.3. The lowest BCUT2D eigenvalue weighted by Crippen LogP contribution is -2.60. The molecular formula is C16H23FN2. The second-order valence-corrected chi connectivity index (χ2v) is 6.32. The molecule has 2 fully saturated rings. The van der Waals surface area contributed by atoms with Crippen molar-refractivity contribution < 1.29 is 4.39 Å². The molecule has 1 aliphatic heterocycles. The fourth-order valence-corrected chi connectivity index (χ4v) is 3.32. The predicted octanol–water partition coefficient (Wildman–Crippen LogP) is 2.96. The topological polar surface area (TPSA) is 15.3 Å². The zero-order chi connectivity index (χ0) is 13.5. The van der Waals surface area contributed by atoms with Gasteiger partial charge in [-0.05, 0) is 50.3 Å². The van der Waals surface area contributed by atoms with Gasteiger partial charge in [0, 0.05) is 31.2 Å². The van der Waals surface area contributed by atoms with E-state index < -0.39 is 0 Å². The van der Waals surface area contributed by atoms with Gasteiger partial charge in [-0.15, -0.1) is 0 Å². The van der Waals surface area contributed by atoms with Crippen LogP contribution in [0.1, 0.15) is 38.3 Å². The number of piperazine rings is 1. The highest BCUT2D eigenvalue weighted by atomic mass is 19.1. The summed E-state index contributed by atoms with van der Waals surface area (Å²) in [6.07, 6.45) is 2.73. The molecule has 1 aliphatic carbocycles. The Morgan fingerprint density at radius 3 is 2.63 bits per heavy atom. The number of benzene rings is 1. The van der Waals surface area contributed by atoms with Gasteiger partial charge in [-0.25, -0.2) is 4.39 Å². The number of hydrogen-bond donors (Lipinski definition) is 1. The molecule has 3 heteroatoms. The summed E-state index contributed by atoms with van der Waals surface area (Å²) in [4.78, 5) is 2.53. The molecule has 1 N–H and O–H groups in total. The van der Waals surface area contributed by atoms with Crippen molar-refractivity contribution in [3.05, 3.63) is 35.6 Å². The summed E-state index contributed by atoms with van der Waals surface area (Å²) >= 11 is 0. The Hall–Kier alpha value is -0.930. The molecule has 1 heterocycles. The molecule has 19 heavy (non-hydrogen) atoms. The third-order valence-electron chi connectivity index (χ3n) is 4.84. The van der Waals surface area contributed by atoms with Crippen molar-refractivity contribution in [2.45, 2.75) is 38.3 Å². The zero-order valence-corrected chi connectivity index (χ0v) is 11.8. The summed E-state index contributed by atoms with van der Waals surface area (Å²) in [6, 6.07) is 7.32. The standard InChI is InChI=1S/C16H23FN2/c1-12(13-3-7-15(17)8-4-13)19-10-9-18-16(2,11-19)14-5-6-14/h3-4,7-8,12,14,18H,5-6,9-11H2,1-2H3. The van der Waals surface area contributed by atoms with Crippen molar-refractivity contribution in [1.29, 1.82) is 0 Å². The lowest BCUT2D eigenvalue weighted by atomic mass is 9.91. The summed E-state index contributed by atoms with van der Waals surface area (Å²) < 4.78 is 13.0. The van der Waals surface area contributed by atoms with Crippen LogP contribution in [0.2, 0.25) is 0 Å². The molecule has 0 radical (unpaired) electrons. The van der Waals surface area contributed by atoms with Crippen LogP contribution < -0.4 is 5.32 Å². The third kappa shape index (κ3) is 2.67. The molecule has 1 saturated heterocycles. The number of nitrogens with one attached hydrogen (secondary N) is 1. The van der Waals surface area contributed by atoms with E-state index in [9.17, 15) is 4.39 Å². The number of rotatable bonds is 3. The molecule has 2 nitrogen and oxygen atoms in total. The van der Waals surface area contributed by atoms with Crippen LogP contribution in [0.4, 0.5) is 4.39 Å². The summed E-state index contributed by atoms with van der Waals surface area (Å²) in [5.74, 6) is 0.690. The Balaban J connectivity index is 1.72. The smallest absolute Gasteiger partial charge is 0.123 e. The molecule has 0 aromatic heterocycles. The Morgan fingerprint density at radius 2 is 2.00 bits per heavy atom. The Kier molecular flexibility index (Phi) is 3.35. The molecule has 0 bridgehead atoms. The molecule has 104 valence electrons. The monoisotopic (exact) mass is 262 g/mol. The summed E-state index contributed by atoms with van der Waals surface area (Å²) in [5, 5.41) is 3.70.